The molecule has 0 saturated carbocycles. The van der Waals surface area contributed by atoms with Crippen LogP contribution in [0.1, 0.15) is 11.1 Å². The van der Waals surface area contributed by atoms with Crippen molar-refractivity contribution in [1.29, 1.82) is 0 Å². The Labute approximate surface area is 74.2 Å². The van der Waals surface area contributed by atoms with E-state index in [4.69, 9.17) is 10.7 Å². The Kier molecular flexibility index (Phi) is 2.57. The molecule has 1 rings (SSSR count). The van der Waals surface area contributed by atoms with E-state index in [0.29, 0.717) is 0 Å². The van der Waals surface area contributed by atoms with Crippen LogP contribution in [-0.2, 0) is 14.8 Å². The van der Waals surface area contributed by atoms with Crippen LogP contribution in [0.25, 0.3) is 0 Å². The molecule has 0 aromatic carbocycles. The van der Waals surface area contributed by atoms with Crippen molar-refractivity contribution in [3.63, 3.8) is 0 Å². The molecule has 0 unspecified atom stereocenters. The fourth-order valence-electron chi connectivity index (χ4n) is 0.720. The van der Waals surface area contributed by atoms with E-state index in [1.54, 1.807) is 5.38 Å². The minimum atomic E-state index is -3.39. The zero-order valence-electron chi connectivity index (χ0n) is 5.87. The molecular weight excluding hydrogens is 204 g/mol. The molecule has 0 aliphatic carbocycles. The molecule has 2 nitrogen and oxygen atoms in total. The predicted octanol–water partition coefficient (Wildman–Crippen LogP) is 2.13. The third-order valence-corrected chi connectivity index (χ3v) is 3.18. The monoisotopic (exact) mass is 210 g/mol. The molecule has 0 spiro atoms. The normalized spacial score (nSPS) is 11.8. The predicted molar refractivity (Wildman–Crippen MR) is 47.5 cm³/mol. The maximum absolute atomic E-state index is 10.6. The van der Waals surface area contributed by atoms with Gasteiger partial charge in [-0.3, -0.25) is 0 Å². The van der Waals surface area contributed by atoms with E-state index in [9.17, 15) is 8.42 Å². The van der Waals surface area contributed by atoms with Crippen LogP contribution in [0.3, 0.4) is 0 Å². The van der Waals surface area contributed by atoms with Crippen molar-refractivity contribution in [2.24, 2.45) is 0 Å². The maximum Gasteiger partial charge on any atom is 0.236 e. The van der Waals surface area contributed by atoms with Crippen LogP contribution in [0.15, 0.2) is 10.8 Å². The molecule has 0 atom stereocenters. The third kappa shape index (κ3) is 2.81. The minimum absolute atomic E-state index is 0.0656. The number of hydrogen-bond acceptors (Lipinski definition) is 3. The quantitative estimate of drug-likeness (QED) is 0.701. The summed E-state index contributed by atoms with van der Waals surface area (Å²) in [6.07, 6.45) is 0. The number of aryl methyl sites for hydroxylation is 1. The van der Waals surface area contributed by atoms with E-state index in [0.717, 1.165) is 11.1 Å². The lowest BCUT2D eigenvalue weighted by Gasteiger charge is -1.93. The average Bonchev–Trinajstić information content (AvgIpc) is 2.12. The maximum atomic E-state index is 10.6. The van der Waals surface area contributed by atoms with Crippen molar-refractivity contribution in [1.82, 2.24) is 0 Å². The second-order valence-electron chi connectivity index (χ2n) is 2.26. The van der Waals surface area contributed by atoms with Crippen molar-refractivity contribution in [2.45, 2.75) is 12.7 Å². The van der Waals surface area contributed by atoms with Crippen molar-refractivity contribution in [3.8, 4) is 0 Å². The first-order chi connectivity index (χ1) is 4.99. The highest BCUT2D eigenvalue weighted by Crippen LogP contribution is 2.17. The van der Waals surface area contributed by atoms with Crippen LogP contribution < -0.4 is 0 Å². The SMILES string of the molecule is Cc1cscc1CS(=O)(=O)Cl. The van der Waals surface area contributed by atoms with Crippen LogP contribution in [-0.4, -0.2) is 8.42 Å². The highest BCUT2D eigenvalue weighted by atomic mass is 35.7. The molecule has 0 radical (unpaired) electrons. The van der Waals surface area contributed by atoms with Crippen molar-refractivity contribution in [2.75, 3.05) is 0 Å². The van der Waals surface area contributed by atoms with E-state index in [1.807, 2.05) is 12.3 Å². The van der Waals surface area contributed by atoms with Crippen LogP contribution in [0, 0.1) is 6.92 Å². The summed E-state index contributed by atoms with van der Waals surface area (Å²) in [7, 11) is 1.68. The Morgan fingerprint density at radius 1 is 1.55 bits per heavy atom. The Morgan fingerprint density at radius 2 is 2.18 bits per heavy atom. The van der Waals surface area contributed by atoms with E-state index in [1.165, 1.54) is 11.3 Å². The highest BCUT2D eigenvalue weighted by molar-refractivity contribution is 8.13. The van der Waals surface area contributed by atoms with Crippen molar-refractivity contribution < 1.29 is 8.42 Å². The summed E-state index contributed by atoms with van der Waals surface area (Å²) >= 11 is 1.48. The van der Waals surface area contributed by atoms with Gasteiger partial charge in [-0.2, -0.15) is 11.3 Å². The highest BCUT2D eigenvalue weighted by Gasteiger charge is 2.09. The van der Waals surface area contributed by atoms with Gasteiger partial charge < -0.3 is 0 Å². The van der Waals surface area contributed by atoms with Crippen LogP contribution in [0.4, 0.5) is 0 Å². The molecule has 1 aromatic heterocycles. The number of rotatable bonds is 2. The van der Waals surface area contributed by atoms with Gasteiger partial charge in [0.2, 0.25) is 9.05 Å². The van der Waals surface area contributed by atoms with Crippen LogP contribution >= 0.6 is 22.0 Å². The molecule has 0 aliphatic heterocycles. The van der Waals surface area contributed by atoms with Gasteiger partial charge >= 0.3 is 0 Å². The largest absolute Gasteiger partial charge is 0.236 e. The van der Waals surface area contributed by atoms with Gasteiger partial charge in [-0.05, 0) is 28.8 Å². The van der Waals surface area contributed by atoms with E-state index >= 15 is 0 Å². The zero-order chi connectivity index (χ0) is 8.48. The molecule has 5 heteroatoms. The van der Waals surface area contributed by atoms with Gasteiger partial charge in [-0.1, -0.05) is 0 Å². The summed E-state index contributed by atoms with van der Waals surface area (Å²) in [6, 6.07) is 0. The van der Waals surface area contributed by atoms with E-state index in [-0.39, 0.29) is 5.75 Å². The standard InChI is InChI=1S/C6H7ClO2S2/c1-5-2-10-3-6(5)4-11(7,8)9/h2-3H,4H2,1H3. The third-order valence-electron chi connectivity index (χ3n) is 1.29. The Hall–Kier alpha value is -0.0600. The first-order valence-electron chi connectivity index (χ1n) is 2.93. The summed E-state index contributed by atoms with van der Waals surface area (Å²) in [6.45, 7) is 1.87. The summed E-state index contributed by atoms with van der Waals surface area (Å²) in [4.78, 5) is 0. The summed E-state index contributed by atoms with van der Waals surface area (Å²) in [5.41, 5.74) is 1.78. The molecule has 0 amide bonds. The molecule has 0 fully saturated rings. The van der Waals surface area contributed by atoms with Gasteiger partial charge in [0.1, 0.15) is 0 Å². The van der Waals surface area contributed by atoms with Crippen LogP contribution in [0.2, 0.25) is 0 Å². The van der Waals surface area contributed by atoms with E-state index < -0.39 is 9.05 Å². The number of hydrogen-bond donors (Lipinski definition) is 0. The molecule has 62 valence electrons. The average molecular weight is 211 g/mol. The fourth-order valence-corrected chi connectivity index (χ4v) is 2.72. The molecule has 0 bridgehead atoms. The molecule has 1 heterocycles. The lowest BCUT2D eigenvalue weighted by atomic mass is 10.2. The zero-order valence-corrected chi connectivity index (χ0v) is 8.26. The van der Waals surface area contributed by atoms with Gasteiger partial charge in [0, 0.05) is 10.7 Å². The van der Waals surface area contributed by atoms with E-state index in [2.05, 4.69) is 0 Å². The second-order valence-corrected chi connectivity index (χ2v) is 5.78. The van der Waals surface area contributed by atoms with Crippen molar-refractivity contribution in [3.05, 3.63) is 21.9 Å². The topological polar surface area (TPSA) is 34.1 Å². The minimum Gasteiger partial charge on any atom is -0.212 e. The van der Waals surface area contributed by atoms with Gasteiger partial charge in [0.05, 0.1) is 5.75 Å². The lowest BCUT2D eigenvalue weighted by molar-refractivity contribution is 0.609. The summed E-state index contributed by atoms with van der Waals surface area (Å²) in [5.74, 6) is -0.0656. The Balaban J connectivity index is 2.89. The Bertz CT molecular complexity index is 339. The van der Waals surface area contributed by atoms with Crippen molar-refractivity contribution >= 4 is 31.1 Å². The van der Waals surface area contributed by atoms with Gasteiger partial charge in [-0.15, -0.1) is 0 Å². The summed E-state index contributed by atoms with van der Waals surface area (Å²) < 4.78 is 21.2. The number of thiophene rings is 1. The number of halogens is 1. The molecule has 11 heavy (non-hydrogen) atoms. The van der Waals surface area contributed by atoms with Gasteiger partial charge in [0.25, 0.3) is 0 Å². The second kappa shape index (κ2) is 3.13. The molecule has 0 aliphatic rings. The first-order valence-corrected chi connectivity index (χ1v) is 6.35. The molecular formula is C6H7ClO2S2. The summed E-state index contributed by atoms with van der Waals surface area (Å²) in [5, 5.41) is 3.70. The fraction of sp³-hybridized carbons (Fsp3) is 0.333. The Morgan fingerprint density at radius 3 is 2.55 bits per heavy atom. The first kappa shape index (κ1) is 9.03. The molecule has 0 N–H and O–H groups in total. The van der Waals surface area contributed by atoms with Gasteiger partial charge in [0.15, 0.2) is 0 Å². The van der Waals surface area contributed by atoms with Crippen LogP contribution in [0.5, 0.6) is 0 Å². The lowest BCUT2D eigenvalue weighted by Crippen LogP contribution is -1.94. The van der Waals surface area contributed by atoms with Gasteiger partial charge in [-0.25, -0.2) is 8.42 Å². The smallest absolute Gasteiger partial charge is 0.212 e. The molecule has 0 saturated heterocycles. The molecule has 1 aromatic rings.